The van der Waals surface area contributed by atoms with Crippen LogP contribution in [0.5, 0.6) is 0 Å². The van der Waals surface area contributed by atoms with E-state index < -0.39 is 0 Å². The van der Waals surface area contributed by atoms with Crippen LogP contribution in [0.15, 0.2) is 0 Å². The maximum absolute atomic E-state index is 3.17. The number of hydrogen-bond acceptors (Lipinski definition) is 3. The van der Waals surface area contributed by atoms with Crippen molar-refractivity contribution in [1.82, 2.24) is 16.4 Å². The van der Waals surface area contributed by atoms with Crippen LogP contribution < -0.4 is 16.4 Å². The first-order valence-corrected chi connectivity index (χ1v) is 6.62. The molecule has 0 atom stereocenters. The number of hydrazine groups is 2. The van der Waals surface area contributed by atoms with E-state index in [2.05, 4.69) is 30.2 Å². The van der Waals surface area contributed by atoms with E-state index in [1.54, 1.807) is 0 Å². The second kappa shape index (κ2) is 13.9. The van der Waals surface area contributed by atoms with Gasteiger partial charge in [0.15, 0.2) is 0 Å². The lowest BCUT2D eigenvalue weighted by atomic mass is 10.2. The van der Waals surface area contributed by atoms with Gasteiger partial charge in [-0.2, -0.15) is 5.53 Å². The third kappa shape index (κ3) is 13.9. The van der Waals surface area contributed by atoms with Crippen LogP contribution in [0.3, 0.4) is 0 Å². The smallest absolute Gasteiger partial charge is 0.0113 e. The second-order valence-electron chi connectivity index (χ2n) is 4.10. The minimum atomic E-state index is 1.06. The van der Waals surface area contributed by atoms with Crippen molar-refractivity contribution in [2.24, 2.45) is 0 Å². The molecule has 0 amide bonds. The fourth-order valence-electron chi connectivity index (χ4n) is 1.47. The number of unbranched alkanes of at least 4 members (excludes halogenated alkanes) is 6. The molecule has 15 heavy (non-hydrogen) atoms. The molecule has 0 rings (SSSR count). The molecule has 0 unspecified atom stereocenters. The highest BCUT2D eigenvalue weighted by Gasteiger charge is 1.88. The maximum atomic E-state index is 3.17. The Bertz CT molecular complexity index is 95.0. The van der Waals surface area contributed by atoms with Gasteiger partial charge in [-0.25, -0.2) is 10.9 Å². The fourth-order valence-corrected chi connectivity index (χ4v) is 1.47. The van der Waals surface area contributed by atoms with E-state index in [1.165, 1.54) is 51.4 Å². The van der Waals surface area contributed by atoms with Crippen LogP contribution in [0.25, 0.3) is 0 Å². The Kier molecular flexibility index (Phi) is 13.8. The summed E-state index contributed by atoms with van der Waals surface area (Å²) < 4.78 is 0. The molecule has 3 nitrogen and oxygen atoms in total. The van der Waals surface area contributed by atoms with Crippen LogP contribution in [-0.2, 0) is 0 Å². The standard InChI is InChI=1S/C12H29N3/c1-3-5-7-9-11-13-15-14-12-10-8-6-4-2/h13-15H,3-12H2,1-2H3. The Morgan fingerprint density at radius 1 is 0.600 bits per heavy atom. The summed E-state index contributed by atoms with van der Waals surface area (Å²) in [5.74, 6) is 0. The highest BCUT2D eigenvalue weighted by molar-refractivity contribution is 4.45. The van der Waals surface area contributed by atoms with E-state index in [0.29, 0.717) is 0 Å². The predicted octanol–water partition coefficient (Wildman–Crippen LogP) is 2.75. The fraction of sp³-hybridized carbons (Fsp3) is 1.00. The zero-order valence-electron chi connectivity index (χ0n) is 10.6. The van der Waals surface area contributed by atoms with Gasteiger partial charge in [0.1, 0.15) is 0 Å². The molecule has 0 aliphatic heterocycles. The van der Waals surface area contributed by atoms with Gasteiger partial charge in [-0.3, -0.25) is 0 Å². The van der Waals surface area contributed by atoms with E-state index >= 15 is 0 Å². The minimum absolute atomic E-state index is 1.06. The maximum Gasteiger partial charge on any atom is 0.0113 e. The zero-order valence-corrected chi connectivity index (χ0v) is 10.6. The van der Waals surface area contributed by atoms with Crippen LogP contribution in [0, 0.1) is 0 Å². The van der Waals surface area contributed by atoms with Crippen molar-refractivity contribution in [3.8, 4) is 0 Å². The summed E-state index contributed by atoms with van der Waals surface area (Å²) in [5.41, 5.74) is 9.39. The molecule has 0 spiro atoms. The van der Waals surface area contributed by atoms with E-state index in [0.717, 1.165) is 13.1 Å². The van der Waals surface area contributed by atoms with E-state index in [9.17, 15) is 0 Å². The second-order valence-corrected chi connectivity index (χ2v) is 4.10. The lowest BCUT2D eigenvalue weighted by Crippen LogP contribution is -2.44. The predicted molar refractivity (Wildman–Crippen MR) is 67.4 cm³/mol. The van der Waals surface area contributed by atoms with Gasteiger partial charge in [-0.05, 0) is 12.8 Å². The van der Waals surface area contributed by atoms with Crippen molar-refractivity contribution in [3.63, 3.8) is 0 Å². The Morgan fingerprint density at radius 3 is 1.47 bits per heavy atom. The summed E-state index contributed by atoms with van der Waals surface area (Å²) in [6.07, 6.45) is 10.5. The molecule has 3 heteroatoms. The van der Waals surface area contributed by atoms with Gasteiger partial charge in [0, 0.05) is 13.1 Å². The van der Waals surface area contributed by atoms with Crippen LogP contribution >= 0.6 is 0 Å². The zero-order chi connectivity index (χ0) is 11.2. The third-order valence-corrected chi connectivity index (χ3v) is 2.49. The molecule has 0 aromatic rings. The molecule has 0 fully saturated rings. The largest absolute Gasteiger partial charge is 0.244 e. The van der Waals surface area contributed by atoms with Gasteiger partial charge in [0.05, 0.1) is 0 Å². The summed E-state index contributed by atoms with van der Waals surface area (Å²) in [6, 6.07) is 0. The van der Waals surface area contributed by atoms with E-state index in [4.69, 9.17) is 0 Å². The first-order valence-electron chi connectivity index (χ1n) is 6.62. The summed E-state index contributed by atoms with van der Waals surface area (Å²) >= 11 is 0. The Balaban J connectivity index is 2.81. The number of hydrogen-bond donors (Lipinski definition) is 3. The van der Waals surface area contributed by atoms with E-state index in [-0.39, 0.29) is 0 Å². The molecular formula is C12H29N3. The van der Waals surface area contributed by atoms with Crippen molar-refractivity contribution in [3.05, 3.63) is 0 Å². The average Bonchev–Trinajstić information content (AvgIpc) is 2.26. The molecule has 3 N–H and O–H groups in total. The molecule has 0 aromatic heterocycles. The van der Waals surface area contributed by atoms with Gasteiger partial charge in [-0.1, -0.05) is 52.4 Å². The van der Waals surface area contributed by atoms with Gasteiger partial charge in [-0.15, -0.1) is 0 Å². The van der Waals surface area contributed by atoms with Gasteiger partial charge in [0.2, 0.25) is 0 Å². The monoisotopic (exact) mass is 215 g/mol. The Labute approximate surface area is 95.3 Å². The summed E-state index contributed by atoms with van der Waals surface area (Å²) in [6.45, 7) is 6.59. The molecule has 0 aliphatic rings. The molecule has 0 saturated heterocycles. The van der Waals surface area contributed by atoms with Crippen LogP contribution in [0.2, 0.25) is 0 Å². The molecule has 92 valence electrons. The van der Waals surface area contributed by atoms with Crippen LogP contribution in [0.1, 0.15) is 65.2 Å². The highest BCUT2D eigenvalue weighted by Crippen LogP contribution is 1.97. The quantitative estimate of drug-likeness (QED) is 0.346. The van der Waals surface area contributed by atoms with Crippen molar-refractivity contribution >= 4 is 0 Å². The lowest BCUT2D eigenvalue weighted by Gasteiger charge is -2.08. The SMILES string of the molecule is CCCCCCNNNCCCCCC. The van der Waals surface area contributed by atoms with Gasteiger partial charge >= 0.3 is 0 Å². The minimum Gasteiger partial charge on any atom is -0.244 e. The normalized spacial score (nSPS) is 10.8. The molecular weight excluding hydrogens is 186 g/mol. The van der Waals surface area contributed by atoms with E-state index in [1.807, 2.05) is 0 Å². The number of nitrogens with one attached hydrogen (secondary N) is 3. The van der Waals surface area contributed by atoms with Gasteiger partial charge in [0.25, 0.3) is 0 Å². The topological polar surface area (TPSA) is 36.1 Å². The lowest BCUT2D eigenvalue weighted by molar-refractivity contribution is 0.416. The molecule has 0 bridgehead atoms. The van der Waals surface area contributed by atoms with Crippen molar-refractivity contribution in [1.29, 1.82) is 0 Å². The molecule has 0 aliphatic carbocycles. The average molecular weight is 215 g/mol. The summed E-state index contributed by atoms with van der Waals surface area (Å²) in [7, 11) is 0. The highest BCUT2D eigenvalue weighted by atomic mass is 15.6. The van der Waals surface area contributed by atoms with Gasteiger partial charge < -0.3 is 0 Å². The molecule has 0 heterocycles. The van der Waals surface area contributed by atoms with Crippen LogP contribution in [0.4, 0.5) is 0 Å². The molecule has 0 saturated carbocycles. The van der Waals surface area contributed by atoms with Crippen LogP contribution in [-0.4, -0.2) is 13.1 Å². The van der Waals surface area contributed by atoms with Crippen molar-refractivity contribution in [2.45, 2.75) is 65.2 Å². The first kappa shape index (κ1) is 14.9. The van der Waals surface area contributed by atoms with Crippen molar-refractivity contribution < 1.29 is 0 Å². The van der Waals surface area contributed by atoms with Crippen molar-refractivity contribution in [2.75, 3.05) is 13.1 Å². The molecule has 0 aromatic carbocycles. The number of rotatable bonds is 12. The molecule has 0 radical (unpaired) electrons. The first-order chi connectivity index (χ1) is 7.41. The Morgan fingerprint density at radius 2 is 1.07 bits per heavy atom. The Hall–Kier alpha value is -0.120. The summed E-state index contributed by atoms with van der Waals surface area (Å²) in [5, 5.41) is 0. The third-order valence-electron chi connectivity index (χ3n) is 2.49. The summed E-state index contributed by atoms with van der Waals surface area (Å²) in [4.78, 5) is 0.